The predicted molar refractivity (Wildman–Crippen MR) is 87.2 cm³/mol. The highest BCUT2D eigenvalue weighted by atomic mass is 16.6. The maximum Gasteiger partial charge on any atom is 0.344 e. The van der Waals surface area contributed by atoms with Crippen molar-refractivity contribution in [1.29, 1.82) is 5.26 Å². The summed E-state index contributed by atoms with van der Waals surface area (Å²) in [6.45, 7) is 1.47. The van der Waals surface area contributed by atoms with Crippen molar-refractivity contribution in [3.63, 3.8) is 0 Å². The number of nitriles is 1. The van der Waals surface area contributed by atoms with Crippen LogP contribution in [0.3, 0.4) is 0 Å². The van der Waals surface area contributed by atoms with Crippen LogP contribution in [0.4, 0.5) is 0 Å². The van der Waals surface area contributed by atoms with Gasteiger partial charge in [-0.2, -0.15) is 5.26 Å². The Morgan fingerprint density at radius 2 is 2.00 bits per heavy atom. The number of ether oxygens (including phenoxy) is 2. The van der Waals surface area contributed by atoms with Gasteiger partial charge in [0.25, 0.3) is 5.91 Å². The van der Waals surface area contributed by atoms with Gasteiger partial charge in [-0.05, 0) is 30.9 Å². The molecule has 0 aromatic heterocycles. The lowest BCUT2D eigenvalue weighted by Crippen LogP contribution is -2.43. The number of hydrogen-bond acceptors (Lipinski definition) is 5. The van der Waals surface area contributed by atoms with E-state index in [4.69, 9.17) is 14.7 Å². The van der Waals surface area contributed by atoms with Gasteiger partial charge in [0, 0.05) is 6.04 Å². The van der Waals surface area contributed by atoms with Crippen LogP contribution >= 0.6 is 0 Å². The Labute approximate surface area is 141 Å². The van der Waals surface area contributed by atoms with E-state index >= 15 is 0 Å². The van der Waals surface area contributed by atoms with Crippen molar-refractivity contribution in [2.45, 2.75) is 38.6 Å². The molecule has 6 nitrogen and oxygen atoms in total. The fraction of sp³-hybridized carbons (Fsp3) is 0.500. The lowest BCUT2D eigenvalue weighted by Gasteiger charge is -2.29. The summed E-state index contributed by atoms with van der Waals surface area (Å²) >= 11 is 0. The molecule has 1 aliphatic rings. The van der Waals surface area contributed by atoms with Crippen molar-refractivity contribution in [3.8, 4) is 11.8 Å². The van der Waals surface area contributed by atoms with E-state index in [0.29, 0.717) is 17.2 Å². The van der Waals surface area contributed by atoms with E-state index in [9.17, 15) is 9.59 Å². The summed E-state index contributed by atoms with van der Waals surface area (Å²) in [4.78, 5) is 23.5. The molecule has 0 saturated heterocycles. The van der Waals surface area contributed by atoms with Gasteiger partial charge in [-0.1, -0.05) is 31.9 Å². The molecule has 0 aliphatic heterocycles. The monoisotopic (exact) mass is 330 g/mol. The Bertz CT molecular complexity index is 624. The quantitative estimate of drug-likeness (QED) is 0.808. The second-order valence-electron chi connectivity index (χ2n) is 5.99. The lowest BCUT2D eigenvalue weighted by molar-refractivity contribution is -0.150. The van der Waals surface area contributed by atoms with Gasteiger partial charge in [0.2, 0.25) is 0 Å². The van der Waals surface area contributed by atoms with Crippen LogP contribution in [0.15, 0.2) is 24.3 Å². The number of carbonyl (C=O) groups excluding carboxylic acids is 2. The van der Waals surface area contributed by atoms with Crippen molar-refractivity contribution in [2.75, 3.05) is 13.2 Å². The van der Waals surface area contributed by atoms with Crippen LogP contribution in [-0.2, 0) is 14.3 Å². The first-order valence-electron chi connectivity index (χ1n) is 8.17. The van der Waals surface area contributed by atoms with Crippen LogP contribution in [0.5, 0.6) is 5.75 Å². The Kier molecular flexibility index (Phi) is 6.62. The molecule has 1 N–H and O–H groups in total. The van der Waals surface area contributed by atoms with E-state index in [0.717, 1.165) is 19.3 Å². The molecule has 24 heavy (non-hydrogen) atoms. The van der Waals surface area contributed by atoms with Crippen LogP contribution < -0.4 is 10.1 Å². The molecule has 1 saturated carbocycles. The SMILES string of the molecule is C[C@@H]1CCCC[C@H]1NC(=O)COC(=O)COc1ccccc1C#N. The average Bonchev–Trinajstić information content (AvgIpc) is 2.60. The molecule has 6 heteroatoms. The molecule has 1 fully saturated rings. The zero-order chi connectivity index (χ0) is 17.4. The molecule has 2 rings (SSSR count). The minimum Gasteiger partial charge on any atom is -0.481 e. The number of carbonyl (C=O) groups is 2. The van der Waals surface area contributed by atoms with Crippen molar-refractivity contribution in [3.05, 3.63) is 29.8 Å². The maximum absolute atomic E-state index is 11.9. The molecule has 1 amide bonds. The number of rotatable bonds is 6. The van der Waals surface area contributed by atoms with Gasteiger partial charge in [0.15, 0.2) is 13.2 Å². The first-order chi connectivity index (χ1) is 11.6. The fourth-order valence-electron chi connectivity index (χ4n) is 2.79. The van der Waals surface area contributed by atoms with Crippen LogP contribution in [0.1, 0.15) is 38.2 Å². The number of esters is 1. The Morgan fingerprint density at radius 3 is 2.75 bits per heavy atom. The van der Waals surface area contributed by atoms with Crippen LogP contribution in [0, 0.1) is 17.2 Å². The second kappa shape index (κ2) is 8.92. The van der Waals surface area contributed by atoms with Crippen LogP contribution in [-0.4, -0.2) is 31.1 Å². The smallest absolute Gasteiger partial charge is 0.344 e. The summed E-state index contributed by atoms with van der Waals surface area (Å²) in [7, 11) is 0. The molecule has 128 valence electrons. The molecule has 0 heterocycles. The van der Waals surface area contributed by atoms with Gasteiger partial charge in [0.05, 0.1) is 5.56 Å². The molecule has 1 aromatic rings. The van der Waals surface area contributed by atoms with Crippen molar-refractivity contribution in [2.24, 2.45) is 5.92 Å². The number of nitrogens with zero attached hydrogens (tertiary/aromatic N) is 1. The molecule has 0 spiro atoms. The van der Waals surface area contributed by atoms with Crippen LogP contribution in [0.2, 0.25) is 0 Å². The zero-order valence-electron chi connectivity index (χ0n) is 13.8. The van der Waals surface area contributed by atoms with Gasteiger partial charge in [-0.3, -0.25) is 4.79 Å². The summed E-state index contributed by atoms with van der Waals surface area (Å²) in [5.41, 5.74) is 0.342. The van der Waals surface area contributed by atoms with Crippen molar-refractivity contribution in [1.82, 2.24) is 5.32 Å². The van der Waals surface area contributed by atoms with Crippen LogP contribution in [0.25, 0.3) is 0 Å². The highest BCUT2D eigenvalue weighted by Crippen LogP contribution is 2.23. The first-order valence-corrected chi connectivity index (χ1v) is 8.17. The summed E-state index contributed by atoms with van der Waals surface area (Å²) in [5.74, 6) is -0.171. The third kappa shape index (κ3) is 5.27. The van der Waals surface area contributed by atoms with Crippen molar-refractivity contribution >= 4 is 11.9 Å². The maximum atomic E-state index is 11.9. The highest BCUT2D eigenvalue weighted by molar-refractivity contribution is 5.81. The summed E-state index contributed by atoms with van der Waals surface area (Å²) in [5, 5.41) is 11.9. The van der Waals surface area contributed by atoms with Crippen molar-refractivity contribution < 1.29 is 19.1 Å². The Morgan fingerprint density at radius 1 is 1.25 bits per heavy atom. The number of amides is 1. The minimum atomic E-state index is -0.644. The van der Waals surface area contributed by atoms with Gasteiger partial charge < -0.3 is 14.8 Å². The van der Waals surface area contributed by atoms with E-state index in [1.54, 1.807) is 24.3 Å². The third-order valence-corrected chi connectivity index (χ3v) is 4.18. The van der Waals surface area contributed by atoms with E-state index in [2.05, 4.69) is 12.2 Å². The predicted octanol–water partition coefficient (Wildman–Crippen LogP) is 2.18. The Hall–Kier alpha value is -2.55. The standard InChI is InChI=1S/C18H22N2O4/c1-13-6-2-4-8-15(13)20-17(21)11-24-18(22)12-23-16-9-5-3-7-14(16)10-19/h3,5,7,9,13,15H,2,4,6,8,11-12H2,1H3,(H,20,21)/t13-,15-/m1/s1. The van der Waals surface area contributed by atoms with E-state index in [1.807, 2.05) is 6.07 Å². The fourth-order valence-corrected chi connectivity index (χ4v) is 2.79. The van der Waals surface area contributed by atoms with Gasteiger partial charge in [0.1, 0.15) is 11.8 Å². The lowest BCUT2D eigenvalue weighted by atomic mass is 9.86. The normalized spacial score (nSPS) is 19.8. The largest absolute Gasteiger partial charge is 0.481 e. The molecule has 1 aromatic carbocycles. The average molecular weight is 330 g/mol. The zero-order valence-corrected chi connectivity index (χ0v) is 13.8. The number of benzene rings is 1. The first kappa shape index (κ1) is 17.8. The molecule has 2 atom stereocenters. The van der Waals surface area contributed by atoms with Gasteiger partial charge in [-0.15, -0.1) is 0 Å². The van der Waals surface area contributed by atoms with E-state index in [1.165, 1.54) is 6.42 Å². The molecule has 0 unspecified atom stereocenters. The number of nitrogens with one attached hydrogen (secondary N) is 1. The minimum absolute atomic E-state index is 0.156. The molecule has 0 bridgehead atoms. The summed E-state index contributed by atoms with van der Waals surface area (Å²) < 4.78 is 10.2. The van der Waals surface area contributed by atoms with E-state index < -0.39 is 5.97 Å². The van der Waals surface area contributed by atoms with E-state index in [-0.39, 0.29) is 25.2 Å². The third-order valence-electron chi connectivity index (χ3n) is 4.18. The number of para-hydroxylation sites is 1. The topological polar surface area (TPSA) is 88.4 Å². The highest BCUT2D eigenvalue weighted by Gasteiger charge is 2.23. The van der Waals surface area contributed by atoms with Gasteiger partial charge >= 0.3 is 5.97 Å². The molecular formula is C18H22N2O4. The summed E-state index contributed by atoms with van der Waals surface area (Å²) in [6, 6.07) is 8.75. The molecule has 1 aliphatic carbocycles. The molecule has 0 radical (unpaired) electrons. The number of hydrogen-bond donors (Lipinski definition) is 1. The summed E-state index contributed by atoms with van der Waals surface area (Å²) in [6.07, 6.45) is 4.39. The van der Waals surface area contributed by atoms with Gasteiger partial charge in [-0.25, -0.2) is 4.79 Å². The second-order valence-corrected chi connectivity index (χ2v) is 5.99. The Balaban J connectivity index is 1.71. The molecular weight excluding hydrogens is 308 g/mol.